The number of hydrogen-bond donors (Lipinski definition) is 1. The van der Waals surface area contributed by atoms with Crippen molar-refractivity contribution in [2.24, 2.45) is 5.92 Å². The third-order valence-corrected chi connectivity index (χ3v) is 2.90. The number of rotatable bonds is 7. The normalized spacial score (nSPS) is 13.6. The largest absolute Gasteiger partial charge is 0.383 e. The van der Waals surface area contributed by atoms with Crippen LogP contribution in [0.25, 0.3) is 0 Å². The van der Waals surface area contributed by atoms with Crippen molar-refractivity contribution in [3.05, 3.63) is 18.2 Å². The minimum atomic E-state index is 0.353. The SMILES string of the molecule is COCC(C(C)C)n1cncc1CNC(C)C. The summed E-state index contributed by atoms with van der Waals surface area (Å²) < 4.78 is 7.53. The molecule has 0 aromatic carbocycles. The van der Waals surface area contributed by atoms with Crippen molar-refractivity contribution in [2.45, 2.75) is 46.3 Å². The molecule has 0 amide bonds. The molecule has 4 nitrogen and oxygen atoms in total. The Morgan fingerprint density at radius 3 is 2.59 bits per heavy atom. The van der Waals surface area contributed by atoms with Gasteiger partial charge in [0.25, 0.3) is 0 Å². The van der Waals surface area contributed by atoms with Crippen LogP contribution in [-0.4, -0.2) is 29.3 Å². The van der Waals surface area contributed by atoms with Gasteiger partial charge in [-0.3, -0.25) is 0 Å². The number of nitrogens with one attached hydrogen (secondary N) is 1. The Hall–Kier alpha value is -0.870. The minimum Gasteiger partial charge on any atom is -0.383 e. The molecule has 0 saturated carbocycles. The van der Waals surface area contributed by atoms with E-state index in [1.165, 1.54) is 5.69 Å². The molecular formula is C13H25N3O. The van der Waals surface area contributed by atoms with Gasteiger partial charge in [0.15, 0.2) is 0 Å². The molecule has 0 aliphatic heterocycles. The molecule has 1 unspecified atom stereocenters. The standard InChI is InChI=1S/C13H25N3O/c1-10(2)13(8-17-5)16-9-14-6-12(16)7-15-11(3)4/h6,9-11,13,15H,7-8H2,1-5H3. The van der Waals surface area contributed by atoms with Gasteiger partial charge in [0.1, 0.15) is 0 Å². The van der Waals surface area contributed by atoms with E-state index in [2.05, 4.69) is 42.6 Å². The van der Waals surface area contributed by atoms with Crippen LogP contribution in [0.15, 0.2) is 12.5 Å². The first-order chi connectivity index (χ1) is 8.06. The first kappa shape index (κ1) is 14.2. The van der Waals surface area contributed by atoms with Crippen molar-refractivity contribution >= 4 is 0 Å². The molecule has 1 aromatic rings. The first-order valence-corrected chi connectivity index (χ1v) is 6.29. The summed E-state index contributed by atoms with van der Waals surface area (Å²) >= 11 is 0. The summed E-state index contributed by atoms with van der Waals surface area (Å²) in [5.41, 5.74) is 1.22. The van der Waals surface area contributed by atoms with Gasteiger partial charge in [-0.2, -0.15) is 0 Å². The van der Waals surface area contributed by atoms with Crippen LogP contribution < -0.4 is 5.32 Å². The van der Waals surface area contributed by atoms with E-state index in [4.69, 9.17) is 4.74 Å². The summed E-state index contributed by atoms with van der Waals surface area (Å²) in [6.07, 6.45) is 3.83. The van der Waals surface area contributed by atoms with E-state index in [-0.39, 0.29) is 0 Å². The summed E-state index contributed by atoms with van der Waals surface area (Å²) in [5, 5.41) is 3.42. The average molecular weight is 239 g/mol. The van der Waals surface area contributed by atoms with Crippen LogP contribution in [0.2, 0.25) is 0 Å². The average Bonchev–Trinajstić information content (AvgIpc) is 2.70. The summed E-state index contributed by atoms with van der Waals surface area (Å²) in [5.74, 6) is 0.530. The molecule has 0 radical (unpaired) electrons. The maximum Gasteiger partial charge on any atom is 0.0952 e. The highest BCUT2D eigenvalue weighted by atomic mass is 16.5. The monoisotopic (exact) mass is 239 g/mol. The molecule has 4 heteroatoms. The highest BCUT2D eigenvalue weighted by Crippen LogP contribution is 2.20. The molecule has 0 aliphatic carbocycles. The van der Waals surface area contributed by atoms with E-state index in [0.29, 0.717) is 18.0 Å². The molecule has 1 N–H and O–H groups in total. The third kappa shape index (κ3) is 4.13. The van der Waals surface area contributed by atoms with Crippen LogP contribution >= 0.6 is 0 Å². The summed E-state index contributed by atoms with van der Waals surface area (Å²) in [6.45, 7) is 10.3. The molecule has 0 bridgehead atoms. The quantitative estimate of drug-likeness (QED) is 0.793. The van der Waals surface area contributed by atoms with Crippen molar-refractivity contribution in [3.8, 4) is 0 Å². The second-order valence-corrected chi connectivity index (χ2v) is 5.09. The smallest absolute Gasteiger partial charge is 0.0952 e. The van der Waals surface area contributed by atoms with Crippen LogP contribution in [0.3, 0.4) is 0 Å². The number of methoxy groups -OCH3 is 1. The highest BCUT2D eigenvalue weighted by Gasteiger charge is 2.17. The molecule has 1 heterocycles. The fourth-order valence-corrected chi connectivity index (χ4v) is 1.84. The predicted molar refractivity (Wildman–Crippen MR) is 70.0 cm³/mol. The second-order valence-electron chi connectivity index (χ2n) is 5.09. The van der Waals surface area contributed by atoms with Crippen molar-refractivity contribution in [3.63, 3.8) is 0 Å². The Kier molecular flexibility index (Phi) is 5.65. The van der Waals surface area contributed by atoms with Crippen LogP contribution in [0.1, 0.15) is 39.4 Å². The fraction of sp³-hybridized carbons (Fsp3) is 0.769. The van der Waals surface area contributed by atoms with Gasteiger partial charge in [0.2, 0.25) is 0 Å². The predicted octanol–water partition coefficient (Wildman–Crippen LogP) is 2.22. The molecule has 0 saturated heterocycles. The summed E-state index contributed by atoms with van der Waals surface area (Å²) in [4.78, 5) is 4.25. The lowest BCUT2D eigenvalue weighted by atomic mass is 10.1. The molecule has 0 fully saturated rings. The van der Waals surface area contributed by atoms with Gasteiger partial charge in [0.05, 0.1) is 24.7 Å². The summed E-state index contributed by atoms with van der Waals surface area (Å²) in [6, 6.07) is 0.838. The molecule has 1 aromatic heterocycles. The fourth-order valence-electron chi connectivity index (χ4n) is 1.84. The van der Waals surface area contributed by atoms with Gasteiger partial charge in [-0.15, -0.1) is 0 Å². The Morgan fingerprint density at radius 1 is 1.35 bits per heavy atom. The highest BCUT2D eigenvalue weighted by molar-refractivity contribution is 5.01. The second kappa shape index (κ2) is 6.77. The van der Waals surface area contributed by atoms with E-state index < -0.39 is 0 Å². The van der Waals surface area contributed by atoms with Crippen LogP contribution in [0.4, 0.5) is 0 Å². The molecule has 1 rings (SSSR count). The zero-order chi connectivity index (χ0) is 12.8. The number of ether oxygens (including phenoxy) is 1. The molecule has 17 heavy (non-hydrogen) atoms. The zero-order valence-corrected chi connectivity index (χ0v) is 11.6. The number of nitrogens with zero attached hydrogens (tertiary/aromatic N) is 2. The molecule has 98 valence electrons. The Morgan fingerprint density at radius 2 is 2.06 bits per heavy atom. The minimum absolute atomic E-state index is 0.353. The van der Waals surface area contributed by atoms with E-state index in [0.717, 1.165) is 13.2 Å². The molecule has 1 atom stereocenters. The van der Waals surface area contributed by atoms with Crippen LogP contribution in [0.5, 0.6) is 0 Å². The van der Waals surface area contributed by atoms with Crippen LogP contribution in [0, 0.1) is 5.92 Å². The lowest BCUT2D eigenvalue weighted by Gasteiger charge is -2.24. The zero-order valence-electron chi connectivity index (χ0n) is 11.6. The first-order valence-electron chi connectivity index (χ1n) is 6.29. The van der Waals surface area contributed by atoms with E-state index >= 15 is 0 Å². The van der Waals surface area contributed by atoms with Gasteiger partial charge in [-0.05, 0) is 5.92 Å². The Labute approximate surface area is 104 Å². The summed E-state index contributed by atoms with van der Waals surface area (Å²) in [7, 11) is 1.75. The van der Waals surface area contributed by atoms with E-state index in [1.54, 1.807) is 7.11 Å². The number of hydrogen-bond acceptors (Lipinski definition) is 3. The Bertz CT molecular complexity index is 320. The maximum absolute atomic E-state index is 5.30. The van der Waals surface area contributed by atoms with Crippen molar-refractivity contribution in [1.82, 2.24) is 14.9 Å². The lowest BCUT2D eigenvalue weighted by molar-refractivity contribution is 0.131. The van der Waals surface area contributed by atoms with Crippen molar-refractivity contribution < 1.29 is 4.74 Å². The lowest BCUT2D eigenvalue weighted by Crippen LogP contribution is -2.27. The molecular weight excluding hydrogens is 214 g/mol. The third-order valence-electron chi connectivity index (χ3n) is 2.90. The van der Waals surface area contributed by atoms with Gasteiger partial charge < -0.3 is 14.6 Å². The molecule has 0 aliphatic rings. The molecule has 0 spiro atoms. The maximum atomic E-state index is 5.30. The number of imidazole rings is 1. The van der Waals surface area contributed by atoms with E-state index in [9.17, 15) is 0 Å². The van der Waals surface area contributed by atoms with Gasteiger partial charge >= 0.3 is 0 Å². The van der Waals surface area contributed by atoms with E-state index in [1.807, 2.05) is 12.5 Å². The topological polar surface area (TPSA) is 39.1 Å². The van der Waals surface area contributed by atoms with Crippen molar-refractivity contribution in [2.75, 3.05) is 13.7 Å². The van der Waals surface area contributed by atoms with Gasteiger partial charge in [-0.25, -0.2) is 4.98 Å². The van der Waals surface area contributed by atoms with Crippen molar-refractivity contribution in [1.29, 1.82) is 0 Å². The number of aromatic nitrogens is 2. The Balaban J connectivity index is 2.77. The van der Waals surface area contributed by atoms with Gasteiger partial charge in [-0.1, -0.05) is 27.7 Å². The van der Waals surface area contributed by atoms with Gasteiger partial charge in [0, 0.05) is 25.9 Å². The van der Waals surface area contributed by atoms with Crippen LogP contribution in [-0.2, 0) is 11.3 Å².